The van der Waals surface area contributed by atoms with Crippen molar-refractivity contribution in [2.75, 3.05) is 4.90 Å². The lowest BCUT2D eigenvalue weighted by Gasteiger charge is -2.28. The molecule has 0 aliphatic heterocycles. The van der Waals surface area contributed by atoms with Crippen LogP contribution in [0.4, 0.5) is 17.1 Å². The fourth-order valence-electron chi connectivity index (χ4n) is 8.64. The smallest absolute Gasteiger partial charge is 0.143 e. The molecule has 262 valence electrons. The van der Waals surface area contributed by atoms with Crippen molar-refractivity contribution in [3.63, 3.8) is 0 Å². The van der Waals surface area contributed by atoms with Crippen molar-refractivity contribution in [1.82, 2.24) is 0 Å². The third kappa shape index (κ3) is 4.66. The summed E-state index contributed by atoms with van der Waals surface area (Å²) in [4.78, 5) is 2.38. The van der Waals surface area contributed by atoms with Gasteiger partial charge in [-0.3, -0.25) is 0 Å². The maximum Gasteiger partial charge on any atom is 0.143 e. The molecule has 0 spiro atoms. The summed E-state index contributed by atoms with van der Waals surface area (Å²) in [7, 11) is 0. The highest BCUT2D eigenvalue weighted by molar-refractivity contribution is 6.17. The minimum atomic E-state index is 0.849. The van der Waals surface area contributed by atoms with Gasteiger partial charge in [-0.2, -0.15) is 0 Å². The second kappa shape index (κ2) is 12.0. The molecular formula is C52H31NO3. The molecule has 0 saturated heterocycles. The first kappa shape index (κ1) is 30.9. The second-order valence-electron chi connectivity index (χ2n) is 14.4. The van der Waals surface area contributed by atoms with Crippen LogP contribution < -0.4 is 4.90 Å². The van der Waals surface area contributed by atoms with Crippen LogP contribution in [0.5, 0.6) is 0 Å². The highest BCUT2D eigenvalue weighted by Gasteiger charge is 2.23. The number of furan rings is 3. The average Bonchev–Trinajstić information content (AvgIpc) is 3.95. The van der Waals surface area contributed by atoms with Crippen LogP contribution in [0.2, 0.25) is 0 Å². The molecule has 0 atom stereocenters. The molecule has 0 unspecified atom stereocenters. The molecule has 4 heteroatoms. The Kier molecular flexibility index (Phi) is 6.60. The van der Waals surface area contributed by atoms with Crippen LogP contribution in [0.25, 0.3) is 98.8 Å². The number of rotatable bonds is 5. The lowest BCUT2D eigenvalue weighted by atomic mass is 9.98. The van der Waals surface area contributed by atoms with E-state index in [4.69, 9.17) is 13.3 Å². The van der Waals surface area contributed by atoms with E-state index in [2.05, 4.69) is 169 Å². The van der Waals surface area contributed by atoms with E-state index in [1.54, 1.807) is 0 Å². The zero-order valence-corrected chi connectivity index (χ0v) is 30.1. The van der Waals surface area contributed by atoms with Gasteiger partial charge in [0.15, 0.2) is 0 Å². The minimum absolute atomic E-state index is 0.849. The van der Waals surface area contributed by atoms with Crippen LogP contribution in [0.15, 0.2) is 201 Å². The molecule has 9 aromatic carbocycles. The molecular weight excluding hydrogens is 687 g/mol. The quantitative estimate of drug-likeness (QED) is 0.178. The maximum absolute atomic E-state index is 6.51. The highest BCUT2D eigenvalue weighted by Crippen LogP contribution is 2.47. The Morgan fingerprint density at radius 2 is 0.911 bits per heavy atom. The Balaban J connectivity index is 1.05. The number of para-hydroxylation sites is 3. The van der Waals surface area contributed by atoms with Gasteiger partial charge < -0.3 is 18.2 Å². The Morgan fingerprint density at radius 1 is 0.321 bits per heavy atom. The molecule has 0 fully saturated rings. The molecule has 4 nitrogen and oxygen atoms in total. The molecule has 0 aliphatic rings. The molecule has 0 saturated carbocycles. The Hall–Kier alpha value is -7.56. The summed E-state index contributed by atoms with van der Waals surface area (Å²) in [5.74, 6) is 0. The molecule has 0 radical (unpaired) electrons. The monoisotopic (exact) mass is 717 g/mol. The van der Waals surface area contributed by atoms with E-state index in [9.17, 15) is 0 Å². The van der Waals surface area contributed by atoms with Crippen LogP contribution in [0.1, 0.15) is 0 Å². The lowest BCUT2D eigenvalue weighted by Crippen LogP contribution is -2.11. The predicted octanol–water partition coefficient (Wildman–Crippen LogP) is 15.3. The molecule has 56 heavy (non-hydrogen) atoms. The SMILES string of the molecule is c1ccc(N(c2ccc(-c3ccc4oc5ccccc5c4c3)cc2)c2cccc3oc4ccccc4c23)c(-c2ccc3oc4c5ccccc5ccc4c3c2)c1. The summed E-state index contributed by atoms with van der Waals surface area (Å²) in [5.41, 5.74) is 12.9. The first-order valence-corrected chi connectivity index (χ1v) is 18.9. The maximum atomic E-state index is 6.51. The van der Waals surface area contributed by atoms with Gasteiger partial charge >= 0.3 is 0 Å². The first-order valence-electron chi connectivity index (χ1n) is 18.9. The van der Waals surface area contributed by atoms with Gasteiger partial charge in [-0.1, -0.05) is 115 Å². The van der Waals surface area contributed by atoms with Gasteiger partial charge in [-0.05, 0) is 94.9 Å². The summed E-state index contributed by atoms with van der Waals surface area (Å²) in [6.07, 6.45) is 0. The molecule has 3 aromatic heterocycles. The van der Waals surface area contributed by atoms with Crippen LogP contribution in [-0.2, 0) is 0 Å². The largest absolute Gasteiger partial charge is 0.456 e. The van der Waals surface area contributed by atoms with Crippen molar-refractivity contribution in [2.24, 2.45) is 0 Å². The number of fused-ring (bicyclic) bond motifs is 11. The molecule has 0 bridgehead atoms. The molecule has 0 N–H and O–H groups in total. The van der Waals surface area contributed by atoms with Crippen LogP contribution >= 0.6 is 0 Å². The third-order valence-corrected chi connectivity index (χ3v) is 11.3. The van der Waals surface area contributed by atoms with Gasteiger partial charge in [0.25, 0.3) is 0 Å². The predicted molar refractivity (Wildman–Crippen MR) is 231 cm³/mol. The average molecular weight is 718 g/mol. The summed E-state index contributed by atoms with van der Waals surface area (Å²) in [6, 6.07) is 66.2. The Bertz CT molecular complexity index is 3490. The van der Waals surface area contributed by atoms with Crippen molar-refractivity contribution >= 4 is 93.7 Å². The van der Waals surface area contributed by atoms with Gasteiger partial charge in [0.1, 0.15) is 33.5 Å². The van der Waals surface area contributed by atoms with E-state index in [0.717, 1.165) is 111 Å². The molecule has 3 heterocycles. The second-order valence-corrected chi connectivity index (χ2v) is 14.4. The normalized spacial score (nSPS) is 11.9. The standard InChI is InChI=1S/C52H31NO3/c1-2-12-38-33(10-1)22-27-40-43-31-35(24-29-49(43)56-52(38)40)37-11-3-6-15-44(37)53(45-16-9-19-50-51(45)41-14-5-8-18-47(41)55-50)36-25-20-32(21-26-36)34-23-28-48-42(30-34)39-13-4-7-17-46(39)54-48/h1-31H. The van der Waals surface area contributed by atoms with Crippen LogP contribution in [0, 0.1) is 0 Å². The number of benzene rings is 9. The van der Waals surface area contributed by atoms with E-state index < -0.39 is 0 Å². The zero-order valence-electron chi connectivity index (χ0n) is 30.1. The molecule has 0 aliphatic carbocycles. The Morgan fingerprint density at radius 3 is 1.79 bits per heavy atom. The fraction of sp³-hybridized carbons (Fsp3) is 0. The fourth-order valence-corrected chi connectivity index (χ4v) is 8.64. The Labute approximate surface area is 321 Å². The summed E-state index contributed by atoms with van der Waals surface area (Å²) >= 11 is 0. The van der Waals surface area contributed by atoms with E-state index in [1.165, 1.54) is 5.39 Å². The van der Waals surface area contributed by atoms with Crippen molar-refractivity contribution < 1.29 is 13.3 Å². The summed E-state index contributed by atoms with van der Waals surface area (Å²) < 4.78 is 19.1. The van der Waals surface area contributed by atoms with E-state index in [-0.39, 0.29) is 0 Å². The van der Waals surface area contributed by atoms with Crippen molar-refractivity contribution in [2.45, 2.75) is 0 Å². The van der Waals surface area contributed by atoms with Crippen molar-refractivity contribution in [3.05, 3.63) is 188 Å². The van der Waals surface area contributed by atoms with Crippen molar-refractivity contribution in [3.8, 4) is 22.3 Å². The number of hydrogen-bond donors (Lipinski definition) is 0. The summed E-state index contributed by atoms with van der Waals surface area (Å²) in [6.45, 7) is 0. The number of nitrogens with zero attached hydrogens (tertiary/aromatic N) is 1. The van der Waals surface area contributed by atoms with E-state index >= 15 is 0 Å². The summed E-state index contributed by atoms with van der Waals surface area (Å²) in [5, 5.41) is 8.89. The van der Waals surface area contributed by atoms with Crippen molar-refractivity contribution in [1.29, 1.82) is 0 Å². The minimum Gasteiger partial charge on any atom is -0.456 e. The molecule has 0 amide bonds. The van der Waals surface area contributed by atoms with Gasteiger partial charge in [0.2, 0.25) is 0 Å². The van der Waals surface area contributed by atoms with Gasteiger partial charge in [-0.25, -0.2) is 0 Å². The molecule has 12 aromatic rings. The number of hydrogen-bond acceptors (Lipinski definition) is 4. The lowest BCUT2D eigenvalue weighted by molar-refractivity contribution is 0.668. The topological polar surface area (TPSA) is 42.7 Å². The third-order valence-electron chi connectivity index (χ3n) is 11.3. The molecule has 12 rings (SSSR count). The van der Waals surface area contributed by atoms with Gasteiger partial charge in [0.05, 0.1) is 16.8 Å². The van der Waals surface area contributed by atoms with Crippen LogP contribution in [-0.4, -0.2) is 0 Å². The number of anilines is 3. The van der Waals surface area contributed by atoms with Gasteiger partial charge in [-0.15, -0.1) is 0 Å². The van der Waals surface area contributed by atoms with E-state index in [1.807, 2.05) is 24.3 Å². The van der Waals surface area contributed by atoms with E-state index in [0.29, 0.717) is 0 Å². The first-order chi connectivity index (χ1) is 27.7. The highest BCUT2D eigenvalue weighted by atomic mass is 16.3. The zero-order chi connectivity index (χ0) is 36.7. The van der Waals surface area contributed by atoms with Crippen LogP contribution in [0.3, 0.4) is 0 Å². The van der Waals surface area contributed by atoms with Gasteiger partial charge in [0, 0.05) is 43.6 Å².